The molecule has 174 valence electrons. The van der Waals surface area contributed by atoms with Gasteiger partial charge in [0.15, 0.2) is 0 Å². The van der Waals surface area contributed by atoms with Crippen molar-refractivity contribution in [1.29, 1.82) is 0 Å². The highest BCUT2D eigenvalue weighted by Gasteiger charge is 2.22. The lowest BCUT2D eigenvalue weighted by molar-refractivity contribution is 0.260. The van der Waals surface area contributed by atoms with Gasteiger partial charge in [-0.25, -0.2) is 19.1 Å². The number of aromatic nitrogens is 4. The zero-order valence-electron chi connectivity index (χ0n) is 19.5. The van der Waals surface area contributed by atoms with Crippen LogP contribution in [0.2, 0.25) is 0 Å². The molecule has 3 aromatic rings. The number of pyridine rings is 1. The molecule has 1 fully saturated rings. The highest BCUT2D eigenvalue weighted by atomic mass is 16.5. The Bertz CT molecular complexity index is 1210. The molecule has 8 heteroatoms. The quantitative estimate of drug-likeness (QED) is 0.571. The Morgan fingerprint density at radius 3 is 2.39 bits per heavy atom. The second kappa shape index (κ2) is 10.0. The largest absolute Gasteiger partial charge is 0.439 e. The summed E-state index contributed by atoms with van der Waals surface area (Å²) in [5.41, 5.74) is 0.739. The molecule has 2 aromatic heterocycles. The van der Waals surface area contributed by atoms with E-state index in [0.717, 1.165) is 24.5 Å². The first kappa shape index (κ1) is 22.8. The van der Waals surface area contributed by atoms with E-state index in [9.17, 15) is 9.59 Å². The van der Waals surface area contributed by atoms with Crippen LogP contribution in [0.25, 0.3) is 0 Å². The number of nitrogens with zero attached hydrogens (tertiary/aromatic N) is 4. The second-order valence-electron chi connectivity index (χ2n) is 8.85. The van der Waals surface area contributed by atoms with Gasteiger partial charge in [-0.05, 0) is 68.9 Å². The normalized spacial score (nSPS) is 18.2. The molecule has 1 aliphatic rings. The van der Waals surface area contributed by atoms with Crippen molar-refractivity contribution < 1.29 is 4.74 Å². The third kappa shape index (κ3) is 5.50. The minimum atomic E-state index is -0.538. The third-order valence-corrected chi connectivity index (χ3v) is 6.24. The summed E-state index contributed by atoms with van der Waals surface area (Å²) < 4.78 is 8.60. The van der Waals surface area contributed by atoms with Crippen molar-refractivity contribution in [3.05, 3.63) is 69.1 Å². The molecule has 0 amide bonds. The standard InChI is InChI=1S/C25H31N5O3/c1-4-29-24(31)28-23(30(25(29)32)16-19-10-8-17(2)9-11-19)27-20-12-14-21(15-13-20)33-22-7-5-6-18(3)26-22/h5-7,12-15,17,19H,4,8-11,16H2,1-3H3,(H,27,28,31). The Balaban J connectivity index is 1.56. The fourth-order valence-electron chi connectivity index (χ4n) is 4.26. The number of benzene rings is 1. The molecule has 1 aromatic carbocycles. The Hall–Kier alpha value is -3.42. The van der Waals surface area contributed by atoms with Crippen molar-refractivity contribution in [3.8, 4) is 11.6 Å². The first-order valence-corrected chi connectivity index (χ1v) is 11.6. The van der Waals surface area contributed by atoms with Gasteiger partial charge in [0.25, 0.3) is 0 Å². The molecule has 0 spiro atoms. The average Bonchev–Trinajstić information content (AvgIpc) is 2.79. The van der Waals surface area contributed by atoms with Crippen LogP contribution in [0.15, 0.2) is 52.1 Å². The third-order valence-electron chi connectivity index (χ3n) is 6.24. The average molecular weight is 450 g/mol. The zero-order valence-corrected chi connectivity index (χ0v) is 19.5. The molecular formula is C25H31N5O3. The van der Waals surface area contributed by atoms with Gasteiger partial charge in [0.05, 0.1) is 0 Å². The summed E-state index contributed by atoms with van der Waals surface area (Å²) in [6.07, 6.45) is 4.50. The minimum Gasteiger partial charge on any atom is -0.439 e. The van der Waals surface area contributed by atoms with Gasteiger partial charge in [-0.3, -0.25) is 4.57 Å². The molecule has 1 N–H and O–H groups in total. The molecule has 8 nitrogen and oxygen atoms in total. The lowest BCUT2D eigenvalue weighted by Gasteiger charge is -2.27. The van der Waals surface area contributed by atoms with Crippen LogP contribution in [0.4, 0.5) is 11.6 Å². The van der Waals surface area contributed by atoms with E-state index in [1.807, 2.05) is 43.3 Å². The van der Waals surface area contributed by atoms with Crippen molar-refractivity contribution >= 4 is 11.6 Å². The van der Waals surface area contributed by atoms with Crippen LogP contribution in [0.1, 0.15) is 45.2 Å². The van der Waals surface area contributed by atoms with Crippen LogP contribution < -0.4 is 21.4 Å². The molecule has 1 saturated carbocycles. The molecule has 0 aliphatic heterocycles. The van der Waals surface area contributed by atoms with E-state index in [4.69, 9.17) is 4.74 Å². The predicted molar refractivity (Wildman–Crippen MR) is 128 cm³/mol. The van der Waals surface area contributed by atoms with Crippen molar-refractivity contribution in [2.24, 2.45) is 11.8 Å². The Labute approximate surface area is 193 Å². The van der Waals surface area contributed by atoms with Gasteiger partial charge < -0.3 is 10.1 Å². The first-order chi connectivity index (χ1) is 15.9. The fraction of sp³-hybridized carbons (Fsp3) is 0.440. The van der Waals surface area contributed by atoms with E-state index in [1.165, 1.54) is 17.4 Å². The van der Waals surface area contributed by atoms with E-state index in [-0.39, 0.29) is 11.6 Å². The maximum absolute atomic E-state index is 13.1. The summed E-state index contributed by atoms with van der Waals surface area (Å²) in [7, 11) is 0. The monoisotopic (exact) mass is 449 g/mol. The highest BCUT2D eigenvalue weighted by molar-refractivity contribution is 5.54. The zero-order chi connectivity index (χ0) is 23.4. The summed E-state index contributed by atoms with van der Waals surface area (Å²) in [5, 5.41) is 3.17. The predicted octanol–water partition coefficient (Wildman–Crippen LogP) is 4.49. The van der Waals surface area contributed by atoms with Crippen molar-refractivity contribution in [2.75, 3.05) is 5.32 Å². The Kier molecular flexibility index (Phi) is 6.91. The van der Waals surface area contributed by atoms with Crippen LogP contribution >= 0.6 is 0 Å². The number of ether oxygens (including phenoxy) is 1. The lowest BCUT2D eigenvalue weighted by Crippen LogP contribution is -2.43. The molecule has 0 saturated heterocycles. The maximum Gasteiger partial charge on any atom is 0.354 e. The van der Waals surface area contributed by atoms with Crippen LogP contribution in [0.3, 0.4) is 0 Å². The van der Waals surface area contributed by atoms with E-state index in [2.05, 4.69) is 22.2 Å². The lowest BCUT2D eigenvalue weighted by atomic mass is 9.83. The molecule has 1 aliphatic carbocycles. The van der Waals surface area contributed by atoms with E-state index in [1.54, 1.807) is 17.6 Å². The summed E-state index contributed by atoms with van der Waals surface area (Å²) >= 11 is 0. The number of hydrogen-bond donors (Lipinski definition) is 1. The second-order valence-corrected chi connectivity index (χ2v) is 8.85. The molecule has 0 bridgehead atoms. The molecule has 4 rings (SSSR count). The molecule has 33 heavy (non-hydrogen) atoms. The Morgan fingerprint density at radius 2 is 1.73 bits per heavy atom. The first-order valence-electron chi connectivity index (χ1n) is 11.6. The van der Waals surface area contributed by atoms with Gasteiger partial charge in [0.1, 0.15) is 5.75 Å². The number of rotatable bonds is 7. The van der Waals surface area contributed by atoms with Gasteiger partial charge in [-0.15, -0.1) is 0 Å². The number of anilines is 2. The summed E-state index contributed by atoms with van der Waals surface area (Å²) in [5.74, 6) is 2.58. The summed E-state index contributed by atoms with van der Waals surface area (Å²) in [4.78, 5) is 34.0. The van der Waals surface area contributed by atoms with E-state index < -0.39 is 5.69 Å². The molecular weight excluding hydrogens is 418 g/mol. The molecule has 0 atom stereocenters. The van der Waals surface area contributed by atoms with Gasteiger partial charge in [0, 0.05) is 30.5 Å². The molecule has 2 heterocycles. The van der Waals surface area contributed by atoms with Gasteiger partial charge in [0.2, 0.25) is 11.8 Å². The Morgan fingerprint density at radius 1 is 1.00 bits per heavy atom. The van der Waals surface area contributed by atoms with Crippen LogP contribution in [-0.2, 0) is 13.1 Å². The maximum atomic E-state index is 13.1. The number of nitrogens with one attached hydrogen (secondary N) is 1. The van der Waals surface area contributed by atoms with Crippen LogP contribution in [0.5, 0.6) is 11.6 Å². The molecule has 0 unspecified atom stereocenters. The van der Waals surface area contributed by atoms with Crippen LogP contribution in [-0.4, -0.2) is 19.1 Å². The summed E-state index contributed by atoms with van der Waals surface area (Å²) in [6.45, 7) is 6.82. The van der Waals surface area contributed by atoms with Gasteiger partial charge in [-0.1, -0.05) is 25.8 Å². The molecule has 0 radical (unpaired) electrons. The van der Waals surface area contributed by atoms with Crippen molar-refractivity contribution in [2.45, 2.75) is 59.5 Å². The highest BCUT2D eigenvalue weighted by Crippen LogP contribution is 2.30. The van der Waals surface area contributed by atoms with E-state index in [0.29, 0.717) is 36.3 Å². The van der Waals surface area contributed by atoms with Gasteiger partial charge >= 0.3 is 11.4 Å². The minimum absolute atomic E-state index is 0.280. The fourth-order valence-corrected chi connectivity index (χ4v) is 4.26. The topological polar surface area (TPSA) is 91.0 Å². The number of hydrogen-bond acceptors (Lipinski definition) is 6. The number of aryl methyl sites for hydroxylation is 1. The van der Waals surface area contributed by atoms with Crippen LogP contribution in [0, 0.1) is 18.8 Å². The smallest absolute Gasteiger partial charge is 0.354 e. The van der Waals surface area contributed by atoms with E-state index >= 15 is 0 Å². The SMILES string of the molecule is CCn1c(=O)nc(Nc2ccc(Oc3cccc(C)n3)cc2)n(CC2CCC(C)CC2)c1=O. The van der Waals surface area contributed by atoms with Crippen molar-refractivity contribution in [1.82, 2.24) is 19.1 Å². The summed E-state index contributed by atoms with van der Waals surface area (Å²) in [6, 6.07) is 12.9. The van der Waals surface area contributed by atoms with Crippen molar-refractivity contribution in [3.63, 3.8) is 0 Å². The van der Waals surface area contributed by atoms with Gasteiger partial charge in [-0.2, -0.15) is 4.98 Å².